The molecule has 1 unspecified atom stereocenters. The molecule has 1 atom stereocenters. The fourth-order valence-corrected chi connectivity index (χ4v) is 4.15. The minimum Gasteiger partial charge on any atom is -0.328 e. The number of hydrogen-bond acceptors (Lipinski definition) is 5. The van der Waals surface area contributed by atoms with Crippen LogP contribution < -0.4 is 5.32 Å². The lowest BCUT2D eigenvalue weighted by atomic mass is 9.85. The Labute approximate surface area is 155 Å². The number of Topliss-reactive ketones (excluding diaryl/α,β-unsaturated/α-hetero) is 1. The van der Waals surface area contributed by atoms with E-state index < -0.39 is 0 Å². The van der Waals surface area contributed by atoms with Crippen LogP contribution in [0.5, 0.6) is 0 Å². The van der Waals surface area contributed by atoms with E-state index in [-0.39, 0.29) is 11.8 Å². The van der Waals surface area contributed by atoms with Crippen molar-refractivity contribution in [2.45, 2.75) is 43.8 Å². The van der Waals surface area contributed by atoms with Crippen molar-refractivity contribution < 1.29 is 4.79 Å². The number of aromatic nitrogens is 3. The van der Waals surface area contributed by atoms with E-state index in [4.69, 9.17) is 11.6 Å². The van der Waals surface area contributed by atoms with E-state index in [2.05, 4.69) is 22.3 Å². The largest absolute Gasteiger partial charge is 0.328 e. The first-order valence-electron chi connectivity index (χ1n) is 8.55. The van der Waals surface area contributed by atoms with Crippen LogP contribution in [0, 0.1) is 0 Å². The van der Waals surface area contributed by atoms with E-state index in [9.17, 15) is 4.79 Å². The number of carbonyl (C=O) groups excluding carboxylic acids is 1. The van der Waals surface area contributed by atoms with Gasteiger partial charge in [-0.25, -0.2) is 4.68 Å². The van der Waals surface area contributed by atoms with Crippen LogP contribution >= 0.6 is 23.4 Å². The molecule has 1 aliphatic heterocycles. The highest BCUT2D eigenvalue weighted by atomic mass is 35.5. The van der Waals surface area contributed by atoms with Crippen molar-refractivity contribution in [1.82, 2.24) is 14.8 Å². The number of thioether (sulfide) groups is 1. The summed E-state index contributed by atoms with van der Waals surface area (Å²) in [5.74, 6) is 1.88. The standard InChI is InChI=1S/C18H19ClN4OS/c1-2-10-25-18-21-17-20-13-4-3-5-14(24)15(13)16(23(17)22-18)11-6-8-12(19)9-7-11/h6-9,16H,2-5,10H2,1H3,(H,20,21,22). The van der Waals surface area contributed by atoms with Gasteiger partial charge in [-0.15, -0.1) is 5.10 Å². The minimum absolute atomic E-state index is 0.192. The fourth-order valence-electron chi connectivity index (χ4n) is 3.34. The lowest BCUT2D eigenvalue weighted by molar-refractivity contribution is -0.116. The molecule has 0 fully saturated rings. The molecule has 0 amide bonds. The molecule has 2 aliphatic rings. The quantitative estimate of drug-likeness (QED) is 0.801. The molecule has 1 N–H and O–H groups in total. The zero-order chi connectivity index (χ0) is 17.4. The summed E-state index contributed by atoms with van der Waals surface area (Å²) in [4.78, 5) is 17.3. The van der Waals surface area contributed by atoms with Gasteiger partial charge in [0.1, 0.15) is 6.04 Å². The van der Waals surface area contributed by atoms with Gasteiger partial charge in [0, 0.05) is 28.5 Å². The Bertz CT molecular complexity index is 843. The summed E-state index contributed by atoms with van der Waals surface area (Å²) in [6, 6.07) is 7.41. The Morgan fingerprint density at radius 3 is 2.88 bits per heavy atom. The molecule has 7 heteroatoms. The molecule has 1 aliphatic carbocycles. The van der Waals surface area contributed by atoms with Gasteiger partial charge < -0.3 is 5.32 Å². The number of allylic oxidation sites excluding steroid dienone is 2. The summed E-state index contributed by atoms with van der Waals surface area (Å²) >= 11 is 7.69. The van der Waals surface area contributed by atoms with E-state index in [0.717, 1.165) is 47.0 Å². The molecule has 0 bridgehead atoms. The van der Waals surface area contributed by atoms with Gasteiger partial charge in [-0.05, 0) is 37.0 Å². The van der Waals surface area contributed by atoms with E-state index in [0.29, 0.717) is 17.4 Å². The molecule has 0 radical (unpaired) electrons. The van der Waals surface area contributed by atoms with Crippen molar-refractivity contribution in [3.63, 3.8) is 0 Å². The van der Waals surface area contributed by atoms with Crippen LogP contribution in [0.15, 0.2) is 40.7 Å². The lowest BCUT2D eigenvalue weighted by Gasteiger charge is -2.32. The summed E-state index contributed by atoms with van der Waals surface area (Å²) in [6.07, 6.45) is 3.40. The smallest absolute Gasteiger partial charge is 0.227 e. The predicted octanol–water partition coefficient (Wildman–Crippen LogP) is 4.46. The molecule has 2 heterocycles. The van der Waals surface area contributed by atoms with Crippen LogP contribution in [-0.2, 0) is 4.79 Å². The molecule has 1 aromatic heterocycles. The van der Waals surface area contributed by atoms with Crippen LogP contribution in [0.25, 0.3) is 0 Å². The third kappa shape index (κ3) is 3.09. The number of nitrogens with zero attached hydrogens (tertiary/aromatic N) is 3. The van der Waals surface area contributed by atoms with Gasteiger partial charge >= 0.3 is 0 Å². The number of rotatable bonds is 4. The number of fused-ring (bicyclic) bond motifs is 1. The highest BCUT2D eigenvalue weighted by molar-refractivity contribution is 7.99. The summed E-state index contributed by atoms with van der Waals surface area (Å²) in [7, 11) is 0. The molecule has 130 valence electrons. The van der Waals surface area contributed by atoms with Gasteiger partial charge in [0.2, 0.25) is 11.1 Å². The molecule has 25 heavy (non-hydrogen) atoms. The number of ketones is 1. The number of carbonyl (C=O) groups is 1. The molecule has 2 aromatic rings. The highest BCUT2D eigenvalue weighted by Gasteiger charge is 2.36. The summed E-state index contributed by atoms with van der Waals surface area (Å²) in [5.41, 5.74) is 2.81. The maximum absolute atomic E-state index is 12.7. The van der Waals surface area contributed by atoms with Crippen LogP contribution in [0.4, 0.5) is 5.95 Å². The van der Waals surface area contributed by atoms with Crippen molar-refractivity contribution >= 4 is 35.1 Å². The summed E-state index contributed by atoms with van der Waals surface area (Å²) in [6.45, 7) is 2.14. The van der Waals surface area contributed by atoms with E-state index in [1.165, 1.54) is 0 Å². The molecule has 4 rings (SSSR count). The Morgan fingerprint density at radius 2 is 2.12 bits per heavy atom. The van der Waals surface area contributed by atoms with Gasteiger partial charge in [-0.1, -0.05) is 42.4 Å². The fraction of sp³-hybridized carbons (Fsp3) is 0.389. The Morgan fingerprint density at radius 1 is 1.32 bits per heavy atom. The van der Waals surface area contributed by atoms with E-state index in [1.54, 1.807) is 11.8 Å². The van der Waals surface area contributed by atoms with Crippen LogP contribution in [0.3, 0.4) is 0 Å². The Kier molecular flexibility index (Phi) is 4.56. The lowest BCUT2D eigenvalue weighted by Crippen LogP contribution is -2.31. The molecule has 5 nitrogen and oxygen atoms in total. The first-order chi connectivity index (χ1) is 12.2. The van der Waals surface area contributed by atoms with Crippen LogP contribution in [-0.4, -0.2) is 26.3 Å². The molecule has 1 aromatic carbocycles. The van der Waals surface area contributed by atoms with Crippen LogP contribution in [0.1, 0.15) is 44.2 Å². The minimum atomic E-state index is -0.236. The highest BCUT2D eigenvalue weighted by Crippen LogP contribution is 2.40. The predicted molar refractivity (Wildman–Crippen MR) is 100 cm³/mol. The average Bonchev–Trinajstić information content (AvgIpc) is 3.01. The van der Waals surface area contributed by atoms with Crippen LogP contribution in [0.2, 0.25) is 5.02 Å². The number of hydrogen-bond donors (Lipinski definition) is 1. The summed E-state index contributed by atoms with van der Waals surface area (Å²) < 4.78 is 1.85. The van der Waals surface area contributed by atoms with Gasteiger partial charge in [0.25, 0.3) is 0 Å². The molecule has 0 saturated heterocycles. The zero-order valence-corrected chi connectivity index (χ0v) is 15.5. The Balaban J connectivity index is 1.82. The average molecular weight is 375 g/mol. The van der Waals surface area contributed by atoms with Crippen molar-refractivity contribution in [3.8, 4) is 0 Å². The molecule has 0 spiro atoms. The first kappa shape index (κ1) is 16.7. The van der Waals surface area contributed by atoms with Gasteiger partial charge in [0.15, 0.2) is 5.78 Å². The number of nitrogens with one attached hydrogen (secondary N) is 1. The second-order valence-electron chi connectivity index (χ2n) is 6.26. The van der Waals surface area contributed by atoms with Gasteiger partial charge in [-0.2, -0.15) is 4.98 Å². The topological polar surface area (TPSA) is 59.8 Å². The second kappa shape index (κ2) is 6.84. The first-order valence-corrected chi connectivity index (χ1v) is 9.92. The normalized spacial score (nSPS) is 19.4. The number of anilines is 1. The van der Waals surface area contributed by atoms with E-state index >= 15 is 0 Å². The maximum Gasteiger partial charge on any atom is 0.227 e. The molecular weight excluding hydrogens is 356 g/mol. The van der Waals surface area contributed by atoms with Gasteiger partial charge in [-0.3, -0.25) is 4.79 Å². The van der Waals surface area contributed by atoms with Gasteiger partial charge in [0.05, 0.1) is 0 Å². The second-order valence-corrected chi connectivity index (χ2v) is 7.76. The summed E-state index contributed by atoms with van der Waals surface area (Å²) in [5, 5.41) is 9.45. The number of benzene rings is 1. The maximum atomic E-state index is 12.7. The SMILES string of the molecule is CCCSc1nc2n(n1)C(c1ccc(Cl)cc1)C1=C(CCCC1=O)N2. The van der Waals surface area contributed by atoms with Crippen molar-refractivity contribution in [3.05, 3.63) is 46.1 Å². The van der Waals surface area contributed by atoms with E-state index in [1.807, 2.05) is 28.9 Å². The Hall–Kier alpha value is -1.79. The zero-order valence-electron chi connectivity index (χ0n) is 14.0. The third-order valence-electron chi connectivity index (χ3n) is 4.47. The third-order valence-corrected chi connectivity index (χ3v) is 5.77. The van der Waals surface area contributed by atoms with Crippen molar-refractivity contribution in [2.24, 2.45) is 0 Å². The monoisotopic (exact) mass is 374 g/mol. The molecule has 0 saturated carbocycles. The molecular formula is C18H19ClN4OS. The van der Waals surface area contributed by atoms with Crippen molar-refractivity contribution in [1.29, 1.82) is 0 Å². The number of halogens is 1. The van der Waals surface area contributed by atoms with Crippen molar-refractivity contribution in [2.75, 3.05) is 11.1 Å².